The Labute approximate surface area is 161 Å². The number of esters is 1. The summed E-state index contributed by atoms with van der Waals surface area (Å²) < 4.78 is 41.4. The molecule has 0 radical (unpaired) electrons. The largest absolute Gasteiger partial charge is 0.493 e. The number of nitrogens with one attached hydrogen (secondary N) is 1. The maximum atomic E-state index is 12.1. The highest BCUT2D eigenvalue weighted by molar-refractivity contribution is 7.91. The third kappa shape index (κ3) is 5.78. The van der Waals surface area contributed by atoms with Gasteiger partial charge in [-0.05, 0) is 29.6 Å². The number of benzene rings is 1. The van der Waals surface area contributed by atoms with E-state index >= 15 is 0 Å². The van der Waals surface area contributed by atoms with E-state index in [0.29, 0.717) is 17.1 Å². The lowest BCUT2D eigenvalue weighted by Gasteiger charge is -2.09. The minimum atomic E-state index is -3.63. The molecular weight excluding hydrogens is 394 g/mol. The summed E-state index contributed by atoms with van der Waals surface area (Å²) >= 11 is 1.08. The molecule has 146 valence electrons. The van der Waals surface area contributed by atoms with E-state index in [1.807, 2.05) is 0 Å². The molecule has 0 aliphatic heterocycles. The molecule has 1 aromatic carbocycles. The smallest absolute Gasteiger partial charge is 0.307 e. The molecule has 0 amide bonds. The number of thiophene rings is 1. The Balaban J connectivity index is 1.81. The number of hydrogen-bond acceptors (Lipinski definition) is 8. The predicted octanol–water partition coefficient (Wildman–Crippen LogP) is 1.86. The maximum Gasteiger partial charge on any atom is 0.307 e. The van der Waals surface area contributed by atoms with Gasteiger partial charge in [0.1, 0.15) is 4.21 Å². The van der Waals surface area contributed by atoms with Crippen LogP contribution in [0, 0.1) is 0 Å². The molecule has 1 aromatic heterocycles. The molecule has 0 aliphatic carbocycles. The number of ketones is 1. The van der Waals surface area contributed by atoms with Gasteiger partial charge in [-0.1, -0.05) is 6.07 Å². The summed E-state index contributed by atoms with van der Waals surface area (Å²) in [5.74, 6) is -0.233. The van der Waals surface area contributed by atoms with Crippen molar-refractivity contribution < 1.29 is 32.2 Å². The van der Waals surface area contributed by atoms with Gasteiger partial charge in [0.25, 0.3) is 0 Å². The van der Waals surface area contributed by atoms with Gasteiger partial charge in [-0.2, -0.15) is 0 Å². The second-order valence-corrected chi connectivity index (χ2v) is 8.17. The fourth-order valence-electron chi connectivity index (χ4n) is 2.09. The number of carbonyl (C=O) groups excluding carboxylic acids is 2. The van der Waals surface area contributed by atoms with Crippen molar-refractivity contribution in [1.82, 2.24) is 4.72 Å². The van der Waals surface area contributed by atoms with E-state index in [-0.39, 0.29) is 17.2 Å². The average molecular weight is 413 g/mol. The Morgan fingerprint density at radius 1 is 1.11 bits per heavy atom. The Morgan fingerprint density at radius 3 is 2.48 bits per heavy atom. The number of ether oxygens (including phenoxy) is 3. The van der Waals surface area contributed by atoms with Crippen LogP contribution < -0.4 is 14.2 Å². The molecule has 27 heavy (non-hydrogen) atoms. The normalized spacial score (nSPS) is 11.0. The summed E-state index contributed by atoms with van der Waals surface area (Å²) in [5, 5.41) is 1.64. The Kier molecular flexibility index (Phi) is 7.34. The van der Waals surface area contributed by atoms with E-state index in [1.165, 1.54) is 32.4 Å². The molecule has 0 fully saturated rings. The molecule has 0 aliphatic rings. The van der Waals surface area contributed by atoms with Crippen molar-refractivity contribution in [3.63, 3.8) is 0 Å². The first-order valence-corrected chi connectivity index (χ1v) is 10.2. The molecule has 2 rings (SSSR count). The van der Waals surface area contributed by atoms with Crippen molar-refractivity contribution in [3.8, 4) is 11.5 Å². The SMILES string of the molecule is COc1ccc(C(=O)COC(=O)CCNS(=O)(=O)c2cccs2)cc1OC. The van der Waals surface area contributed by atoms with E-state index in [1.54, 1.807) is 17.5 Å². The summed E-state index contributed by atoms with van der Waals surface area (Å²) in [6.45, 7) is -0.574. The van der Waals surface area contributed by atoms with E-state index in [9.17, 15) is 18.0 Å². The molecule has 2 aromatic rings. The van der Waals surface area contributed by atoms with E-state index in [0.717, 1.165) is 11.3 Å². The van der Waals surface area contributed by atoms with Gasteiger partial charge in [0.05, 0.1) is 20.6 Å². The van der Waals surface area contributed by atoms with Crippen LogP contribution in [0.15, 0.2) is 39.9 Å². The fraction of sp³-hybridized carbons (Fsp3) is 0.294. The van der Waals surface area contributed by atoms with Crippen LogP contribution in [-0.4, -0.2) is 47.5 Å². The van der Waals surface area contributed by atoms with Gasteiger partial charge >= 0.3 is 5.97 Å². The van der Waals surface area contributed by atoms with E-state index in [2.05, 4.69) is 4.72 Å². The number of hydrogen-bond donors (Lipinski definition) is 1. The molecule has 8 nitrogen and oxygen atoms in total. The molecule has 1 N–H and O–H groups in total. The Morgan fingerprint density at radius 2 is 1.85 bits per heavy atom. The minimum Gasteiger partial charge on any atom is -0.493 e. The summed E-state index contributed by atoms with van der Waals surface area (Å²) in [6.07, 6.45) is -0.191. The highest BCUT2D eigenvalue weighted by Crippen LogP contribution is 2.27. The van der Waals surface area contributed by atoms with Gasteiger partial charge in [-0.3, -0.25) is 9.59 Å². The van der Waals surface area contributed by atoms with Crippen LogP contribution in [0.3, 0.4) is 0 Å². The minimum absolute atomic E-state index is 0.121. The van der Waals surface area contributed by atoms with E-state index < -0.39 is 28.4 Å². The van der Waals surface area contributed by atoms with Crippen LogP contribution in [0.1, 0.15) is 16.8 Å². The number of rotatable bonds is 10. The monoisotopic (exact) mass is 413 g/mol. The van der Waals surface area contributed by atoms with Crippen LogP contribution in [-0.2, 0) is 19.6 Å². The van der Waals surface area contributed by atoms with Gasteiger partial charge < -0.3 is 14.2 Å². The third-order valence-electron chi connectivity index (χ3n) is 3.45. The zero-order valence-corrected chi connectivity index (χ0v) is 16.4. The van der Waals surface area contributed by atoms with Crippen molar-refractivity contribution in [2.75, 3.05) is 27.4 Å². The maximum absolute atomic E-state index is 12.1. The molecule has 0 unspecified atom stereocenters. The van der Waals surface area contributed by atoms with Gasteiger partial charge in [-0.25, -0.2) is 13.1 Å². The lowest BCUT2D eigenvalue weighted by molar-refractivity contribution is -0.142. The van der Waals surface area contributed by atoms with Crippen molar-refractivity contribution in [1.29, 1.82) is 0 Å². The van der Waals surface area contributed by atoms with Crippen LogP contribution in [0.5, 0.6) is 11.5 Å². The highest BCUT2D eigenvalue weighted by atomic mass is 32.2. The molecular formula is C17H19NO7S2. The van der Waals surface area contributed by atoms with Crippen molar-refractivity contribution >= 4 is 33.1 Å². The molecule has 0 saturated carbocycles. The molecule has 0 spiro atoms. The first-order valence-electron chi connectivity index (χ1n) is 7.81. The van der Waals surface area contributed by atoms with Gasteiger partial charge in [0.15, 0.2) is 23.9 Å². The van der Waals surface area contributed by atoms with Crippen molar-refractivity contribution in [2.24, 2.45) is 0 Å². The molecule has 0 atom stereocenters. The number of carbonyl (C=O) groups is 2. The van der Waals surface area contributed by atoms with Crippen molar-refractivity contribution in [2.45, 2.75) is 10.6 Å². The predicted molar refractivity (Wildman–Crippen MR) is 99.0 cm³/mol. The summed E-state index contributed by atoms with van der Waals surface area (Å²) in [4.78, 5) is 23.8. The molecule has 0 bridgehead atoms. The summed E-state index contributed by atoms with van der Waals surface area (Å²) in [6, 6.07) is 7.68. The third-order valence-corrected chi connectivity index (χ3v) is 6.31. The highest BCUT2D eigenvalue weighted by Gasteiger charge is 2.16. The van der Waals surface area contributed by atoms with Crippen molar-refractivity contribution in [3.05, 3.63) is 41.3 Å². The first-order chi connectivity index (χ1) is 12.9. The lowest BCUT2D eigenvalue weighted by atomic mass is 10.1. The van der Waals surface area contributed by atoms with Crippen LogP contribution in [0.25, 0.3) is 0 Å². The van der Waals surface area contributed by atoms with Gasteiger partial charge in [0.2, 0.25) is 10.0 Å². The first kappa shape index (κ1) is 20.9. The fourth-order valence-corrected chi connectivity index (χ4v) is 4.16. The topological polar surface area (TPSA) is 108 Å². The second kappa shape index (κ2) is 9.49. The molecule has 10 heteroatoms. The Hall–Kier alpha value is -2.43. The Bertz CT molecular complexity index is 892. The number of methoxy groups -OCH3 is 2. The lowest BCUT2D eigenvalue weighted by Crippen LogP contribution is -2.26. The quantitative estimate of drug-likeness (QED) is 0.468. The van der Waals surface area contributed by atoms with E-state index in [4.69, 9.17) is 14.2 Å². The standard InChI is InChI=1S/C17H19NO7S2/c1-23-14-6-5-12(10-15(14)24-2)13(19)11-25-16(20)7-8-18-27(21,22)17-4-3-9-26-17/h3-6,9-10,18H,7-8,11H2,1-2H3. The zero-order valence-electron chi connectivity index (χ0n) is 14.8. The molecule has 1 heterocycles. The zero-order chi connectivity index (χ0) is 19.9. The summed E-state index contributed by atoms with van der Waals surface area (Å²) in [7, 11) is -0.705. The molecule has 0 saturated heterocycles. The summed E-state index contributed by atoms with van der Waals surface area (Å²) in [5.41, 5.74) is 0.304. The number of Topliss-reactive ketones (excluding diaryl/α,β-unsaturated/α-hetero) is 1. The van der Waals surface area contributed by atoms with Gasteiger partial charge in [-0.15, -0.1) is 11.3 Å². The second-order valence-electron chi connectivity index (χ2n) is 5.23. The number of sulfonamides is 1. The van der Waals surface area contributed by atoms with Crippen LogP contribution in [0.2, 0.25) is 0 Å². The average Bonchev–Trinajstić information content (AvgIpc) is 3.21. The van der Waals surface area contributed by atoms with Gasteiger partial charge in [0, 0.05) is 12.1 Å². The van der Waals surface area contributed by atoms with Crippen LogP contribution in [0.4, 0.5) is 0 Å². The van der Waals surface area contributed by atoms with Crippen LogP contribution >= 0.6 is 11.3 Å².